The van der Waals surface area contributed by atoms with Gasteiger partial charge < -0.3 is 4.74 Å². The number of benzene rings is 1. The van der Waals surface area contributed by atoms with E-state index in [4.69, 9.17) is 4.74 Å². The van der Waals surface area contributed by atoms with Gasteiger partial charge in [0.15, 0.2) is 0 Å². The van der Waals surface area contributed by atoms with E-state index >= 15 is 0 Å². The zero-order valence-electron chi connectivity index (χ0n) is 12.0. The first kappa shape index (κ1) is 15.0. The smallest absolute Gasteiger partial charge is 0.264 e. The monoisotopic (exact) mass is 290 g/mol. The van der Waals surface area contributed by atoms with Crippen molar-refractivity contribution in [2.75, 3.05) is 18.6 Å². The average molecular weight is 290 g/mol. The van der Waals surface area contributed by atoms with E-state index < -0.39 is 0 Å². The van der Waals surface area contributed by atoms with Crippen molar-refractivity contribution >= 4 is 22.8 Å². The third-order valence-electron chi connectivity index (χ3n) is 2.93. The lowest BCUT2D eigenvalue weighted by atomic mass is 10.2. The van der Waals surface area contributed by atoms with Gasteiger partial charge in [-0.15, -0.1) is 0 Å². The second-order valence-corrected chi connectivity index (χ2v) is 4.31. The van der Waals surface area contributed by atoms with Crippen LogP contribution >= 0.6 is 0 Å². The molecule has 0 radical (unpaired) electrons. The summed E-state index contributed by atoms with van der Waals surface area (Å²) < 4.78 is 6.45. The zero-order chi connectivity index (χ0) is 15.2. The number of anilines is 1. The van der Waals surface area contributed by atoms with Crippen molar-refractivity contribution in [2.45, 2.75) is 20.4 Å². The van der Waals surface area contributed by atoms with Crippen molar-refractivity contribution in [1.29, 1.82) is 0 Å². The molecule has 2 aromatic rings. The van der Waals surface area contributed by atoms with E-state index in [1.807, 2.05) is 13.0 Å². The molecule has 0 spiro atoms. The molecule has 0 aliphatic rings. The zero-order valence-corrected chi connectivity index (χ0v) is 12.0. The Morgan fingerprint density at radius 1 is 1.33 bits per heavy atom. The summed E-state index contributed by atoms with van der Waals surface area (Å²) in [7, 11) is 0. The quantitative estimate of drug-likeness (QED) is 0.772. The SMILES string of the molecule is CCOCC(=O)NNc1nc2ccccc2c(=O)n1CC. The molecule has 0 atom stereocenters. The standard InChI is InChI=1S/C14H18N4O3/c1-3-18-13(20)10-7-5-6-8-11(10)15-14(18)17-16-12(19)9-21-4-2/h5-8H,3-4,9H2,1-2H3,(H,15,17)(H,16,19). The van der Waals surface area contributed by atoms with E-state index in [0.717, 1.165) is 0 Å². The van der Waals surface area contributed by atoms with Gasteiger partial charge in [0.2, 0.25) is 5.95 Å². The number of hydrogen-bond donors (Lipinski definition) is 2. The first-order valence-corrected chi connectivity index (χ1v) is 6.79. The topological polar surface area (TPSA) is 85.2 Å². The predicted molar refractivity (Wildman–Crippen MR) is 79.9 cm³/mol. The van der Waals surface area contributed by atoms with Crippen LogP contribution in [0.2, 0.25) is 0 Å². The second-order valence-electron chi connectivity index (χ2n) is 4.31. The summed E-state index contributed by atoms with van der Waals surface area (Å²) in [6.45, 7) is 4.50. The fourth-order valence-electron chi connectivity index (χ4n) is 1.91. The van der Waals surface area contributed by atoms with Gasteiger partial charge in [-0.3, -0.25) is 25.0 Å². The van der Waals surface area contributed by atoms with Gasteiger partial charge in [0.1, 0.15) is 6.61 Å². The Balaban J connectivity index is 2.26. The van der Waals surface area contributed by atoms with Crippen LogP contribution in [-0.4, -0.2) is 28.7 Å². The van der Waals surface area contributed by atoms with Crippen LogP contribution in [0.25, 0.3) is 10.9 Å². The number of carbonyl (C=O) groups excluding carboxylic acids is 1. The summed E-state index contributed by atoms with van der Waals surface area (Å²) in [6, 6.07) is 7.09. The van der Waals surface area contributed by atoms with Crippen molar-refractivity contribution in [1.82, 2.24) is 15.0 Å². The van der Waals surface area contributed by atoms with E-state index in [-0.39, 0.29) is 18.1 Å². The van der Waals surface area contributed by atoms with E-state index in [2.05, 4.69) is 15.8 Å². The van der Waals surface area contributed by atoms with E-state index in [1.54, 1.807) is 25.1 Å². The van der Waals surface area contributed by atoms with E-state index in [9.17, 15) is 9.59 Å². The molecule has 21 heavy (non-hydrogen) atoms. The predicted octanol–water partition coefficient (Wildman–Crippen LogP) is 0.896. The lowest BCUT2D eigenvalue weighted by molar-refractivity contribution is -0.125. The molecule has 112 valence electrons. The summed E-state index contributed by atoms with van der Waals surface area (Å²) in [5, 5.41) is 0.547. The van der Waals surface area contributed by atoms with Crippen LogP contribution in [-0.2, 0) is 16.1 Å². The van der Waals surface area contributed by atoms with Crippen LogP contribution in [0.3, 0.4) is 0 Å². The summed E-state index contributed by atoms with van der Waals surface area (Å²) in [5.41, 5.74) is 5.57. The highest BCUT2D eigenvalue weighted by molar-refractivity contribution is 5.80. The molecule has 0 bridgehead atoms. The number of hydrazine groups is 1. The minimum Gasteiger partial charge on any atom is -0.372 e. The van der Waals surface area contributed by atoms with Gasteiger partial charge in [-0.1, -0.05) is 12.1 Å². The summed E-state index contributed by atoms with van der Waals surface area (Å²) in [5.74, 6) is -0.0343. The van der Waals surface area contributed by atoms with Crippen molar-refractivity contribution in [3.63, 3.8) is 0 Å². The number of nitrogens with zero attached hydrogens (tertiary/aromatic N) is 2. The van der Waals surface area contributed by atoms with Gasteiger partial charge in [0, 0.05) is 13.2 Å². The summed E-state index contributed by atoms with van der Waals surface area (Å²) in [6.07, 6.45) is 0. The van der Waals surface area contributed by atoms with Gasteiger partial charge in [-0.25, -0.2) is 4.98 Å². The maximum atomic E-state index is 12.3. The van der Waals surface area contributed by atoms with Crippen molar-refractivity contribution in [3.05, 3.63) is 34.6 Å². The minimum absolute atomic E-state index is 0.0482. The molecule has 1 aromatic heterocycles. The first-order chi connectivity index (χ1) is 10.2. The molecule has 1 aromatic carbocycles. The van der Waals surface area contributed by atoms with E-state index in [1.165, 1.54) is 4.57 Å². The van der Waals surface area contributed by atoms with Gasteiger partial charge >= 0.3 is 0 Å². The van der Waals surface area contributed by atoms with Crippen molar-refractivity contribution in [2.24, 2.45) is 0 Å². The Morgan fingerprint density at radius 2 is 2.10 bits per heavy atom. The molecule has 2 N–H and O–H groups in total. The van der Waals surface area contributed by atoms with Crippen LogP contribution in [0.1, 0.15) is 13.8 Å². The second kappa shape index (κ2) is 6.85. The van der Waals surface area contributed by atoms with Gasteiger partial charge in [0.05, 0.1) is 10.9 Å². The number of ether oxygens (including phenoxy) is 1. The van der Waals surface area contributed by atoms with Gasteiger partial charge in [-0.05, 0) is 26.0 Å². The van der Waals surface area contributed by atoms with Crippen molar-refractivity contribution in [3.8, 4) is 0 Å². The molecule has 7 nitrogen and oxygen atoms in total. The third kappa shape index (κ3) is 3.38. The van der Waals surface area contributed by atoms with Gasteiger partial charge in [0.25, 0.3) is 11.5 Å². The lowest BCUT2D eigenvalue weighted by Gasteiger charge is -2.13. The number of nitrogens with one attached hydrogen (secondary N) is 2. The van der Waals surface area contributed by atoms with Crippen LogP contribution < -0.4 is 16.4 Å². The summed E-state index contributed by atoms with van der Waals surface area (Å²) in [4.78, 5) is 28.2. The van der Waals surface area contributed by atoms with E-state index in [0.29, 0.717) is 30.0 Å². The van der Waals surface area contributed by atoms with Crippen molar-refractivity contribution < 1.29 is 9.53 Å². The normalized spacial score (nSPS) is 10.6. The van der Waals surface area contributed by atoms with Crippen LogP contribution in [0.15, 0.2) is 29.1 Å². The molecular formula is C14H18N4O3. The fourth-order valence-corrected chi connectivity index (χ4v) is 1.91. The highest BCUT2D eigenvalue weighted by Crippen LogP contribution is 2.10. The molecule has 1 heterocycles. The molecule has 0 aliphatic carbocycles. The fraction of sp³-hybridized carbons (Fsp3) is 0.357. The Morgan fingerprint density at radius 3 is 2.81 bits per heavy atom. The molecule has 2 rings (SSSR count). The van der Waals surface area contributed by atoms with Crippen LogP contribution in [0, 0.1) is 0 Å². The average Bonchev–Trinajstić information content (AvgIpc) is 2.51. The third-order valence-corrected chi connectivity index (χ3v) is 2.93. The molecule has 0 saturated carbocycles. The Labute approximate surface area is 121 Å². The highest BCUT2D eigenvalue weighted by Gasteiger charge is 2.10. The maximum absolute atomic E-state index is 12.3. The Kier molecular flexibility index (Phi) is 4.89. The van der Waals surface area contributed by atoms with Crippen LogP contribution in [0.5, 0.6) is 0 Å². The molecule has 0 fully saturated rings. The minimum atomic E-state index is -0.332. The maximum Gasteiger partial charge on any atom is 0.264 e. The Bertz CT molecular complexity index is 696. The Hall–Kier alpha value is -2.41. The first-order valence-electron chi connectivity index (χ1n) is 6.79. The molecular weight excluding hydrogens is 272 g/mol. The summed E-state index contributed by atoms with van der Waals surface area (Å²) >= 11 is 0. The molecule has 0 unspecified atom stereocenters. The molecule has 1 amide bonds. The highest BCUT2D eigenvalue weighted by atomic mass is 16.5. The molecule has 0 aliphatic heterocycles. The number of hydrogen-bond acceptors (Lipinski definition) is 5. The number of aromatic nitrogens is 2. The molecule has 0 saturated heterocycles. The number of para-hydroxylation sites is 1. The number of carbonyl (C=O) groups is 1. The van der Waals surface area contributed by atoms with Crippen LogP contribution in [0.4, 0.5) is 5.95 Å². The number of rotatable bonds is 6. The van der Waals surface area contributed by atoms with Gasteiger partial charge in [-0.2, -0.15) is 0 Å². The lowest BCUT2D eigenvalue weighted by Crippen LogP contribution is -2.36. The largest absolute Gasteiger partial charge is 0.372 e. The number of fused-ring (bicyclic) bond motifs is 1. The number of amides is 1. The molecule has 7 heteroatoms.